The summed E-state index contributed by atoms with van der Waals surface area (Å²) >= 11 is 0. The second-order valence-corrected chi connectivity index (χ2v) is 7.90. The number of nitrogens with zero attached hydrogens (tertiary/aromatic N) is 3. The Bertz CT molecular complexity index is 1630. The number of aromatic nitrogens is 2. The highest BCUT2D eigenvalue weighted by atomic mass is 16.5. The van der Waals surface area contributed by atoms with Gasteiger partial charge < -0.3 is 9.15 Å². The Morgan fingerprint density at radius 3 is 2.54 bits per heavy atom. The van der Waals surface area contributed by atoms with Gasteiger partial charge in [0.15, 0.2) is 5.82 Å². The van der Waals surface area contributed by atoms with Crippen molar-refractivity contribution in [1.82, 2.24) is 9.66 Å². The zero-order chi connectivity index (χ0) is 24.4. The van der Waals surface area contributed by atoms with Crippen LogP contribution in [0.15, 0.2) is 99.2 Å². The van der Waals surface area contributed by atoms with Gasteiger partial charge >= 0.3 is 5.97 Å². The Morgan fingerprint density at radius 2 is 1.77 bits per heavy atom. The molecule has 0 amide bonds. The molecule has 5 rings (SSSR count). The third kappa shape index (κ3) is 4.27. The van der Waals surface area contributed by atoms with Crippen molar-refractivity contribution in [2.45, 2.75) is 6.92 Å². The molecule has 0 spiro atoms. The molecule has 2 aromatic heterocycles. The number of carbonyl (C=O) groups is 1. The number of carbonyl (C=O) groups excluding carboxylic acids is 1. The number of benzene rings is 3. The first-order valence-electron chi connectivity index (χ1n) is 11.0. The van der Waals surface area contributed by atoms with Crippen molar-refractivity contribution in [2.24, 2.45) is 5.10 Å². The number of aryl methyl sites for hydroxylation is 1. The van der Waals surface area contributed by atoms with E-state index in [1.165, 1.54) is 18.0 Å². The molecule has 2 heterocycles. The summed E-state index contributed by atoms with van der Waals surface area (Å²) in [6.45, 7) is 1.89. The number of hydrogen-bond acceptors (Lipinski definition) is 6. The van der Waals surface area contributed by atoms with Crippen LogP contribution in [0.25, 0.3) is 33.6 Å². The predicted molar refractivity (Wildman–Crippen MR) is 135 cm³/mol. The molecular weight excluding hydrogens is 442 g/mol. The molecule has 0 saturated heterocycles. The van der Waals surface area contributed by atoms with Crippen LogP contribution in [0.1, 0.15) is 21.7 Å². The SMILES string of the molecule is COC(=O)c1ccc(-c2ccc(C=Nn3c(-c4ccccc4)nc4ccccc4c3=O)o2)c(C)c1. The van der Waals surface area contributed by atoms with Crippen LogP contribution in [-0.2, 0) is 4.74 Å². The monoisotopic (exact) mass is 463 g/mol. The van der Waals surface area contributed by atoms with Gasteiger partial charge in [0.1, 0.15) is 11.5 Å². The molecule has 7 heteroatoms. The summed E-state index contributed by atoms with van der Waals surface area (Å²) in [5.74, 6) is 1.13. The first-order chi connectivity index (χ1) is 17.0. The number of para-hydroxylation sites is 1. The molecule has 172 valence electrons. The van der Waals surface area contributed by atoms with Crippen LogP contribution in [0.3, 0.4) is 0 Å². The fourth-order valence-corrected chi connectivity index (χ4v) is 3.87. The van der Waals surface area contributed by atoms with Crippen molar-refractivity contribution in [1.29, 1.82) is 0 Å². The van der Waals surface area contributed by atoms with Gasteiger partial charge in [-0.2, -0.15) is 9.78 Å². The van der Waals surface area contributed by atoms with E-state index in [1.54, 1.807) is 30.3 Å². The predicted octanol–water partition coefficient (Wildman–Crippen LogP) is 5.30. The van der Waals surface area contributed by atoms with Crippen LogP contribution < -0.4 is 5.56 Å². The number of ether oxygens (including phenoxy) is 1. The van der Waals surface area contributed by atoms with Gasteiger partial charge in [-0.1, -0.05) is 48.5 Å². The summed E-state index contributed by atoms with van der Waals surface area (Å²) in [6, 6.07) is 25.5. The summed E-state index contributed by atoms with van der Waals surface area (Å²) in [5, 5.41) is 4.92. The fraction of sp³-hybridized carbons (Fsp3) is 0.0714. The molecule has 7 nitrogen and oxygen atoms in total. The Kier molecular flexibility index (Phi) is 5.81. The van der Waals surface area contributed by atoms with Crippen LogP contribution in [0, 0.1) is 6.92 Å². The van der Waals surface area contributed by atoms with Gasteiger partial charge in [0.25, 0.3) is 5.56 Å². The zero-order valence-electron chi connectivity index (χ0n) is 19.1. The van der Waals surface area contributed by atoms with E-state index >= 15 is 0 Å². The second-order valence-electron chi connectivity index (χ2n) is 7.90. The molecule has 0 aliphatic rings. The van der Waals surface area contributed by atoms with Crippen molar-refractivity contribution in [3.63, 3.8) is 0 Å². The lowest BCUT2D eigenvalue weighted by molar-refractivity contribution is 0.0600. The second kappa shape index (κ2) is 9.23. The minimum atomic E-state index is -0.393. The highest BCUT2D eigenvalue weighted by Crippen LogP contribution is 2.26. The Hall–Kier alpha value is -4.78. The third-order valence-electron chi connectivity index (χ3n) is 5.63. The summed E-state index contributed by atoms with van der Waals surface area (Å²) in [4.78, 5) is 29.7. The normalized spacial score (nSPS) is 11.3. The van der Waals surface area contributed by atoms with Crippen molar-refractivity contribution < 1.29 is 13.9 Å². The van der Waals surface area contributed by atoms with Crippen molar-refractivity contribution in [2.75, 3.05) is 7.11 Å². The van der Waals surface area contributed by atoms with Crippen LogP contribution in [-0.4, -0.2) is 29.0 Å². The molecule has 0 N–H and O–H groups in total. The highest BCUT2D eigenvalue weighted by Gasteiger charge is 2.13. The van der Waals surface area contributed by atoms with Gasteiger partial charge in [-0.05, 0) is 48.9 Å². The molecule has 0 saturated carbocycles. The first-order valence-corrected chi connectivity index (χ1v) is 11.0. The maximum absolute atomic E-state index is 13.3. The molecule has 5 aromatic rings. The van der Waals surface area contributed by atoms with E-state index in [4.69, 9.17) is 14.1 Å². The van der Waals surface area contributed by atoms with Crippen LogP contribution in [0.2, 0.25) is 0 Å². The summed E-state index contributed by atoms with van der Waals surface area (Å²) in [5.41, 5.74) is 3.28. The minimum Gasteiger partial charge on any atom is -0.465 e. The van der Waals surface area contributed by atoms with Gasteiger partial charge in [0.2, 0.25) is 0 Å². The van der Waals surface area contributed by atoms with Crippen LogP contribution in [0.5, 0.6) is 0 Å². The van der Waals surface area contributed by atoms with Gasteiger partial charge in [-0.25, -0.2) is 9.78 Å². The maximum Gasteiger partial charge on any atom is 0.337 e. The number of methoxy groups -OCH3 is 1. The maximum atomic E-state index is 13.3. The standard InChI is InChI=1S/C28H21N3O4/c1-18-16-20(28(33)34-2)12-14-22(18)25-15-13-21(35-25)17-29-31-26(19-8-4-3-5-9-19)30-24-11-7-6-10-23(24)27(31)32/h3-17H,1-2H3. The largest absolute Gasteiger partial charge is 0.465 e. The fourth-order valence-electron chi connectivity index (χ4n) is 3.87. The highest BCUT2D eigenvalue weighted by molar-refractivity contribution is 5.90. The quantitative estimate of drug-likeness (QED) is 0.261. The molecule has 0 aliphatic carbocycles. The topological polar surface area (TPSA) is 86.7 Å². The molecular formula is C28H21N3O4. The molecule has 0 atom stereocenters. The Labute approximate surface area is 200 Å². The molecule has 35 heavy (non-hydrogen) atoms. The first kappa shape index (κ1) is 22.0. The Morgan fingerprint density at radius 1 is 1.00 bits per heavy atom. The lowest BCUT2D eigenvalue weighted by Gasteiger charge is -2.09. The summed E-state index contributed by atoms with van der Waals surface area (Å²) in [7, 11) is 1.35. The smallest absolute Gasteiger partial charge is 0.337 e. The van der Waals surface area contributed by atoms with Crippen molar-refractivity contribution in [3.05, 3.63) is 112 Å². The van der Waals surface area contributed by atoms with Crippen molar-refractivity contribution >= 4 is 23.1 Å². The van der Waals surface area contributed by atoms with E-state index in [1.807, 2.05) is 61.5 Å². The number of esters is 1. The van der Waals surface area contributed by atoms with Crippen molar-refractivity contribution in [3.8, 4) is 22.7 Å². The lowest BCUT2D eigenvalue weighted by atomic mass is 10.0. The van der Waals surface area contributed by atoms with E-state index in [2.05, 4.69) is 5.10 Å². The molecule has 0 radical (unpaired) electrons. The van der Waals surface area contributed by atoms with E-state index in [0.717, 1.165) is 16.7 Å². The average molecular weight is 463 g/mol. The molecule has 0 fully saturated rings. The Balaban J connectivity index is 1.53. The molecule has 3 aromatic carbocycles. The average Bonchev–Trinajstić information content (AvgIpc) is 3.36. The number of rotatable bonds is 5. The zero-order valence-corrected chi connectivity index (χ0v) is 19.1. The van der Waals surface area contributed by atoms with E-state index in [0.29, 0.717) is 33.8 Å². The van der Waals surface area contributed by atoms with Gasteiger partial charge in [0, 0.05) is 11.1 Å². The molecule has 0 bridgehead atoms. The van der Waals surface area contributed by atoms with Gasteiger partial charge in [-0.3, -0.25) is 4.79 Å². The minimum absolute atomic E-state index is 0.272. The number of hydrogen-bond donors (Lipinski definition) is 0. The van der Waals surface area contributed by atoms with Crippen LogP contribution in [0.4, 0.5) is 0 Å². The van der Waals surface area contributed by atoms with Gasteiger partial charge in [0.05, 0.1) is 29.8 Å². The van der Waals surface area contributed by atoms with E-state index < -0.39 is 5.97 Å². The number of furan rings is 1. The molecule has 0 unspecified atom stereocenters. The van der Waals surface area contributed by atoms with Gasteiger partial charge in [-0.15, -0.1) is 0 Å². The van der Waals surface area contributed by atoms with E-state index in [9.17, 15) is 9.59 Å². The third-order valence-corrected chi connectivity index (χ3v) is 5.63. The van der Waals surface area contributed by atoms with E-state index in [-0.39, 0.29) is 5.56 Å². The molecule has 0 aliphatic heterocycles. The summed E-state index contributed by atoms with van der Waals surface area (Å²) < 4.78 is 12.0. The summed E-state index contributed by atoms with van der Waals surface area (Å²) in [6.07, 6.45) is 1.49. The van der Waals surface area contributed by atoms with Crippen LogP contribution >= 0.6 is 0 Å². The lowest BCUT2D eigenvalue weighted by Crippen LogP contribution is -2.20. The number of fused-ring (bicyclic) bond motifs is 1.